The largest absolute Gasteiger partial charge is 0.394 e. The van der Waals surface area contributed by atoms with Crippen molar-refractivity contribution in [2.24, 2.45) is 10.6 Å². The molecule has 1 saturated heterocycles. The summed E-state index contributed by atoms with van der Waals surface area (Å²) in [5.74, 6) is -0.372. The Hall–Kier alpha value is -1.99. The zero-order valence-corrected chi connectivity index (χ0v) is 15.6. The molecule has 148 valence electrons. The van der Waals surface area contributed by atoms with Crippen LogP contribution >= 0.6 is 0 Å². The molecule has 1 aromatic rings. The Labute approximate surface area is 158 Å². The highest BCUT2D eigenvalue weighted by Gasteiger charge is 2.44. The summed E-state index contributed by atoms with van der Waals surface area (Å²) in [6.07, 6.45) is 2.71. The van der Waals surface area contributed by atoms with Gasteiger partial charge in [0.2, 0.25) is 5.91 Å². The van der Waals surface area contributed by atoms with Crippen LogP contribution in [0, 0.1) is 11.2 Å². The lowest BCUT2D eigenvalue weighted by molar-refractivity contribution is -0.141. The van der Waals surface area contributed by atoms with Gasteiger partial charge in [-0.3, -0.25) is 4.79 Å². The molecule has 2 heterocycles. The monoisotopic (exact) mass is 378 g/mol. The van der Waals surface area contributed by atoms with E-state index in [2.05, 4.69) is 10.5 Å². The molecule has 6 nitrogen and oxygen atoms in total. The van der Waals surface area contributed by atoms with Gasteiger partial charge in [0.15, 0.2) is 0 Å². The Morgan fingerprint density at radius 1 is 1.44 bits per heavy atom. The summed E-state index contributed by atoms with van der Waals surface area (Å²) in [6, 6.07) is 6.03. The van der Waals surface area contributed by atoms with Gasteiger partial charge in [0.1, 0.15) is 11.9 Å². The molecule has 27 heavy (non-hydrogen) atoms. The maximum absolute atomic E-state index is 13.5. The number of carbonyl (C=O) groups is 1. The van der Waals surface area contributed by atoms with Crippen molar-refractivity contribution in [3.63, 3.8) is 0 Å². The fourth-order valence-corrected chi connectivity index (χ4v) is 3.71. The van der Waals surface area contributed by atoms with Gasteiger partial charge in [-0.1, -0.05) is 24.2 Å². The first-order chi connectivity index (χ1) is 13.1. The standard InChI is InChI=1S/C20H27FN2O4/c1-2-16(13-24)22-19(25)20(6-8-26-9-7-20)12-17-11-18(23-27-17)14-4-3-5-15(21)10-14/h3-5,10,16-17,24H,2,6-9,11-13H2,1H3,(H,22,25). The van der Waals surface area contributed by atoms with E-state index in [0.29, 0.717) is 56.6 Å². The number of aliphatic hydroxyl groups excluding tert-OH is 1. The molecule has 0 aromatic heterocycles. The van der Waals surface area contributed by atoms with Crippen LogP contribution in [0.2, 0.25) is 0 Å². The van der Waals surface area contributed by atoms with Crippen LogP contribution in [-0.2, 0) is 14.4 Å². The predicted molar refractivity (Wildman–Crippen MR) is 98.8 cm³/mol. The lowest BCUT2D eigenvalue weighted by Gasteiger charge is -2.37. The summed E-state index contributed by atoms with van der Waals surface area (Å²) in [6.45, 7) is 2.89. The van der Waals surface area contributed by atoms with Crippen LogP contribution < -0.4 is 5.32 Å². The van der Waals surface area contributed by atoms with Crippen molar-refractivity contribution in [3.8, 4) is 0 Å². The molecule has 2 unspecified atom stereocenters. The summed E-state index contributed by atoms with van der Waals surface area (Å²) >= 11 is 0. The van der Waals surface area contributed by atoms with Gasteiger partial charge in [-0.05, 0) is 31.4 Å². The zero-order chi connectivity index (χ0) is 19.3. The first-order valence-electron chi connectivity index (χ1n) is 9.54. The average Bonchev–Trinajstić information content (AvgIpc) is 3.15. The molecule has 0 radical (unpaired) electrons. The van der Waals surface area contributed by atoms with E-state index in [0.717, 1.165) is 0 Å². The SMILES string of the molecule is CCC(CO)NC(=O)C1(CC2CC(c3cccc(F)c3)=NO2)CCOCC1. The lowest BCUT2D eigenvalue weighted by Crippen LogP contribution is -2.50. The third-order valence-electron chi connectivity index (χ3n) is 5.49. The number of amides is 1. The van der Waals surface area contributed by atoms with Crippen LogP contribution in [-0.4, -0.2) is 48.7 Å². The molecule has 0 aliphatic carbocycles. The molecule has 2 aliphatic rings. The summed E-state index contributed by atoms with van der Waals surface area (Å²) < 4.78 is 18.9. The second-order valence-electron chi connectivity index (χ2n) is 7.34. The lowest BCUT2D eigenvalue weighted by atomic mass is 9.74. The van der Waals surface area contributed by atoms with Gasteiger partial charge < -0.3 is 20.0 Å². The summed E-state index contributed by atoms with van der Waals surface area (Å²) in [7, 11) is 0. The zero-order valence-electron chi connectivity index (χ0n) is 15.6. The van der Waals surface area contributed by atoms with Crippen molar-refractivity contribution < 1.29 is 23.9 Å². The minimum absolute atomic E-state index is 0.0606. The Morgan fingerprint density at radius 2 is 2.22 bits per heavy atom. The highest BCUT2D eigenvalue weighted by atomic mass is 19.1. The molecule has 2 N–H and O–H groups in total. The summed E-state index contributed by atoms with van der Waals surface area (Å²) in [4.78, 5) is 18.6. The fraction of sp³-hybridized carbons (Fsp3) is 0.600. The van der Waals surface area contributed by atoms with Crippen molar-refractivity contribution in [2.45, 2.75) is 51.2 Å². The molecule has 1 fully saturated rings. The fourth-order valence-electron chi connectivity index (χ4n) is 3.71. The van der Waals surface area contributed by atoms with Crippen molar-refractivity contribution in [1.29, 1.82) is 0 Å². The molecular formula is C20H27FN2O4. The molecule has 3 rings (SSSR count). The van der Waals surface area contributed by atoms with Crippen LogP contribution in [0.15, 0.2) is 29.4 Å². The van der Waals surface area contributed by atoms with Crippen molar-refractivity contribution >= 4 is 11.6 Å². The first-order valence-corrected chi connectivity index (χ1v) is 9.54. The van der Waals surface area contributed by atoms with Crippen molar-refractivity contribution in [1.82, 2.24) is 5.32 Å². The van der Waals surface area contributed by atoms with E-state index >= 15 is 0 Å². The van der Waals surface area contributed by atoms with Gasteiger partial charge in [0.25, 0.3) is 0 Å². The average molecular weight is 378 g/mol. The van der Waals surface area contributed by atoms with Crippen LogP contribution in [0.1, 0.15) is 44.6 Å². The molecule has 7 heteroatoms. The Bertz CT molecular complexity index is 684. The number of rotatable bonds is 7. The number of aliphatic hydroxyl groups is 1. The number of nitrogens with zero attached hydrogens (tertiary/aromatic N) is 1. The smallest absolute Gasteiger partial charge is 0.226 e. The number of hydrogen-bond donors (Lipinski definition) is 2. The van der Waals surface area contributed by atoms with Gasteiger partial charge >= 0.3 is 0 Å². The number of ether oxygens (including phenoxy) is 1. The van der Waals surface area contributed by atoms with E-state index in [9.17, 15) is 14.3 Å². The second kappa shape index (κ2) is 8.80. The first kappa shape index (κ1) is 19.8. The van der Waals surface area contributed by atoms with Crippen LogP contribution in [0.5, 0.6) is 0 Å². The predicted octanol–water partition coefficient (Wildman–Crippen LogP) is 2.39. The van der Waals surface area contributed by atoms with Crippen molar-refractivity contribution in [3.05, 3.63) is 35.6 Å². The highest BCUT2D eigenvalue weighted by Crippen LogP contribution is 2.38. The molecule has 1 amide bonds. The number of oxime groups is 1. The van der Waals surface area contributed by atoms with E-state index in [1.54, 1.807) is 12.1 Å². The van der Waals surface area contributed by atoms with E-state index in [-0.39, 0.29) is 30.5 Å². The van der Waals surface area contributed by atoms with Crippen LogP contribution in [0.4, 0.5) is 4.39 Å². The normalized spacial score (nSPS) is 22.6. The Kier molecular flexibility index (Phi) is 6.44. The Morgan fingerprint density at radius 3 is 2.89 bits per heavy atom. The van der Waals surface area contributed by atoms with Gasteiger partial charge in [-0.2, -0.15) is 0 Å². The number of carbonyl (C=O) groups excluding carboxylic acids is 1. The molecule has 0 saturated carbocycles. The molecule has 0 spiro atoms. The van der Waals surface area contributed by atoms with Gasteiger partial charge in [-0.25, -0.2) is 4.39 Å². The van der Waals surface area contributed by atoms with E-state index in [1.165, 1.54) is 12.1 Å². The highest BCUT2D eigenvalue weighted by molar-refractivity contribution is 6.01. The number of halogens is 1. The quantitative estimate of drug-likeness (QED) is 0.764. The summed E-state index contributed by atoms with van der Waals surface area (Å²) in [5.41, 5.74) is 0.802. The number of hydrogen-bond acceptors (Lipinski definition) is 5. The molecule has 2 atom stereocenters. The molecular weight excluding hydrogens is 351 g/mol. The molecule has 1 aromatic carbocycles. The maximum atomic E-state index is 13.5. The van der Waals surface area contributed by atoms with E-state index in [4.69, 9.17) is 9.57 Å². The van der Waals surface area contributed by atoms with Crippen LogP contribution in [0.3, 0.4) is 0 Å². The van der Waals surface area contributed by atoms with Crippen LogP contribution in [0.25, 0.3) is 0 Å². The second-order valence-corrected chi connectivity index (χ2v) is 7.34. The third kappa shape index (κ3) is 4.65. The topological polar surface area (TPSA) is 80.2 Å². The Balaban J connectivity index is 1.68. The molecule has 2 aliphatic heterocycles. The van der Waals surface area contributed by atoms with Gasteiger partial charge in [-0.15, -0.1) is 0 Å². The van der Waals surface area contributed by atoms with Gasteiger partial charge in [0, 0.05) is 31.6 Å². The maximum Gasteiger partial charge on any atom is 0.226 e. The molecule has 0 bridgehead atoms. The summed E-state index contributed by atoms with van der Waals surface area (Å²) in [5, 5.41) is 16.5. The number of nitrogens with one attached hydrogen (secondary N) is 1. The number of benzene rings is 1. The van der Waals surface area contributed by atoms with E-state index < -0.39 is 5.41 Å². The minimum Gasteiger partial charge on any atom is -0.394 e. The minimum atomic E-state index is -0.599. The third-order valence-corrected chi connectivity index (χ3v) is 5.49. The van der Waals surface area contributed by atoms with Gasteiger partial charge in [0.05, 0.1) is 23.8 Å². The van der Waals surface area contributed by atoms with E-state index in [1.807, 2.05) is 6.92 Å². The van der Waals surface area contributed by atoms with Crippen molar-refractivity contribution in [2.75, 3.05) is 19.8 Å².